The third-order valence-corrected chi connectivity index (χ3v) is 4.23. The zero-order valence-corrected chi connectivity index (χ0v) is 14.7. The van der Waals surface area contributed by atoms with Gasteiger partial charge in [-0.25, -0.2) is 13.6 Å². The molecule has 1 aromatic carbocycles. The predicted molar refractivity (Wildman–Crippen MR) is 90.0 cm³/mol. The van der Waals surface area contributed by atoms with Gasteiger partial charge in [0.25, 0.3) is 0 Å². The van der Waals surface area contributed by atoms with Crippen LogP contribution < -0.4 is 5.32 Å². The van der Waals surface area contributed by atoms with Crippen LogP contribution in [0.2, 0.25) is 0 Å². The lowest BCUT2D eigenvalue weighted by molar-refractivity contribution is 0.0179. The molecule has 2 rings (SSSR count). The third-order valence-electron chi connectivity index (χ3n) is 4.23. The number of rotatable bonds is 3. The standard InChI is InChI=1S/C18H26F2N2O2/c1-12(21-15-7-5-6-14(19)16(15)20)13-8-10-22(11-9-13)17(23)24-18(2,3)4/h5-7,12-13,21H,8-11H2,1-4H3. The first-order valence-electron chi connectivity index (χ1n) is 8.36. The quantitative estimate of drug-likeness (QED) is 0.886. The number of benzene rings is 1. The van der Waals surface area contributed by atoms with Crippen LogP contribution in [0.4, 0.5) is 19.3 Å². The summed E-state index contributed by atoms with van der Waals surface area (Å²) in [4.78, 5) is 13.8. The number of piperidine rings is 1. The average molecular weight is 340 g/mol. The van der Waals surface area contributed by atoms with Crippen LogP contribution in [0.15, 0.2) is 18.2 Å². The van der Waals surface area contributed by atoms with E-state index in [0.717, 1.165) is 18.9 Å². The number of hydrogen-bond acceptors (Lipinski definition) is 3. The van der Waals surface area contributed by atoms with Crippen LogP contribution >= 0.6 is 0 Å². The number of carbonyl (C=O) groups is 1. The molecule has 1 N–H and O–H groups in total. The highest BCUT2D eigenvalue weighted by Crippen LogP contribution is 2.26. The first-order valence-corrected chi connectivity index (χ1v) is 8.36. The first-order chi connectivity index (χ1) is 11.2. The summed E-state index contributed by atoms with van der Waals surface area (Å²) in [5, 5.41) is 3.05. The molecular formula is C18H26F2N2O2. The molecule has 0 aromatic heterocycles. The second-order valence-electron chi connectivity index (χ2n) is 7.34. The van der Waals surface area contributed by atoms with Crippen molar-refractivity contribution in [3.8, 4) is 0 Å². The van der Waals surface area contributed by atoms with Crippen molar-refractivity contribution in [3.05, 3.63) is 29.8 Å². The van der Waals surface area contributed by atoms with Crippen LogP contribution in [0.3, 0.4) is 0 Å². The zero-order valence-electron chi connectivity index (χ0n) is 14.7. The Morgan fingerprint density at radius 1 is 1.29 bits per heavy atom. The minimum atomic E-state index is -0.855. The van der Waals surface area contributed by atoms with Crippen molar-refractivity contribution in [3.63, 3.8) is 0 Å². The van der Waals surface area contributed by atoms with Crippen molar-refractivity contribution in [1.82, 2.24) is 4.90 Å². The van der Waals surface area contributed by atoms with Crippen molar-refractivity contribution in [2.45, 2.75) is 52.2 Å². The molecule has 1 amide bonds. The number of amides is 1. The van der Waals surface area contributed by atoms with Crippen LogP contribution in [0, 0.1) is 17.6 Å². The monoisotopic (exact) mass is 340 g/mol. The lowest BCUT2D eigenvalue weighted by atomic mass is 9.90. The topological polar surface area (TPSA) is 41.6 Å². The summed E-state index contributed by atoms with van der Waals surface area (Å²) >= 11 is 0. The van der Waals surface area contributed by atoms with Crippen LogP contribution in [0.5, 0.6) is 0 Å². The average Bonchev–Trinajstić information content (AvgIpc) is 2.50. The minimum absolute atomic E-state index is 0.0120. The van der Waals surface area contributed by atoms with Gasteiger partial charge in [0.2, 0.25) is 0 Å². The molecule has 0 aliphatic carbocycles. The number of ether oxygens (including phenoxy) is 1. The molecule has 0 bridgehead atoms. The van der Waals surface area contributed by atoms with Crippen LogP contribution in [0.1, 0.15) is 40.5 Å². The summed E-state index contributed by atoms with van der Waals surface area (Å²) in [6, 6.07) is 4.11. The van der Waals surface area contributed by atoms with Gasteiger partial charge in [0.15, 0.2) is 11.6 Å². The van der Waals surface area contributed by atoms with E-state index in [1.165, 1.54) is 12.1 Å². The normalized spacial score (nSPS) is 17.5. The van der Waals surface area contributed by atoms with Gasteiger partial charge < -0.3 is 15.0 Å². The van der Waals surface area contributed by atoms with Gasteiger partial charge in [-0.15, -0.1) is 0 Å². The fourth-order valence-corrected chi connectivity index (χ4v) is 2.89. The van der Waals surface area contributed by atoms with Crippen molar-refractivity contribution in [2.24, 2.45) is 5.92 Å². The van der Waals surface area contributed by atoms with E-state index < -0.39 is 17.2 Å². The maximum absolute atomic E-state index is 13.7. The Morgan fingerprint density at radius 3 is 2.50 bits per heavy atom. The highest BCUT2D eigenvalue weighted by atomic mass is 19.2. The predicted octanol–water partition coefficient (Wildman–Crippen LogP) is 4.41. The summed E-state index contributed by atoms with van der Waals surface area (Å²) in [6.07, 6.45) is 1.30. The van der Waals surface area contributed by atoms with Gasteiger partial charge in [-0.3, -0.25) is 0 Å². The number of likely N-dealkylation sites (tertiary alicyclic amines) is 1. The molecule has 24 heavy (non-hydrogen) atoms. The van der Waals surface area contributed by atoms with Gasteiger partial charge >= 0.3 is 6.09 Å². The summed E-state index contributed by atoms with van der Waals surface area (Å²) in [7, 11) is 0. The lowest BCUT2D eigenvalue weighted by Crippen LogP contribution is -2.44. The molecule has 1 atom stereocenters. The Hall–Kier alpha value is -1.85. The first kappa shape index (κ1) is 18.5. The van der Waals surface area contributed by atoms with Crippen molar-refractivity contribution in [2.75, 3.05) is 18.4 Å². The van der Waals surface area contributed by atoms with Gasteiger partial charge in [-0.2, -0.15) is 0 Å². The maximum atomic E-state index is 13.7. The summed E-state index contributed by atoms with van der Waals surface area (Å²) < 4.78 is 32.4. The molecule has 0 saturated carbocycles. The summed E-state index contributed by atoms with van der Waals surface area (Å²) in [5.74, 6) is -1.42. The fraction of sp³-hybridized carbons (Fsp3) is 0.611. The highest BCUT2D eigenvalue weighted by Gasteiger charge is 2.29. The number of hydrogen-bond donors (Lipinski definition) is 1. The molecule has 4 nitrogen and oxygen atoms in total. The molecular weight excluding hydrogens is 314 g/mol. The van der Waals surface area contributed by atoms with Crippen LogP contribution in [-0.2, 0) is 4.74 Å². The number of halogens is 2. The van der Waals surface area contributed by atoms with Gasteiger partial charge in [-0.1, -0.05) is 6.07 Å². The van der Waals surface area contributed by atoms with E-state index in [1.807, 2.05) is 27.7 Å². The molecule has 1 heterocycles. The molecule has 134 valence electrons. The van der Waals surface area contributed by atoms with Gasteiger partial charge in [0, 0.05) is 19.1 Å². The SMILES string of the molecule is CC(Nc1cccc(F)c1F)C1CCN(C(=O)OC(C)(C)C)CC1. The van der Waals surface area contributed by atoms with E-state index in [9.17, 15) is 13.6 Å². The number of nitrogens with zero attached hydrogens (tertiary/aromatic N) is 1. The molecule has 1 aromatic rings. The highest BCUT2D eigenvalue weighted by molar-refractivity contribution is 5.68. The molecule has 6 heteroatoms. The molecule has 0 radical (unpaired) electrons. The van der Waals surface area contributed by atoms with Crippen molar-refractivity contribution >= 4 is 11.8 Å². The van der Waals surface area contributed by atoms with Crippen LogP contribution in [-0.4, -0.2) is 35.7 Å². The number of carbonyl (C=O) groups excluding carboxylic acids is 1. The lowest BCUT2D eigenvalue weighted by Gasteiger charge is -2.36. The van der Waals surface area contributed by atoms with Crippen LogP contribution in [0.25, 0.3) is 0 Å². The third kappa shape index (κ3) is 4.82. The Kier molecular flexibility index (Phi) is 5.67. The largest absolute Gasteiger partial charge is 0.444 e. The Morgan fingerprint density at radius 2 is 1.92 bits per heavy atom. The van der Waals surface area contributed by atoms with Crippen molar-refractivity contribution < 1.29 is 18.3 Å². The minimum Gasteiger partial charge on any atom is -0.444 e. The maximum Gasteiger partial charge on any atom is 0.410 e. The Balaban J connectivity index is 1.87. The van der Waals surface area contributed by atoms with Gasteiger partial charge in [-0.05, 0) is 58.6 Å². The Labute approximate surface area is 142 Å². The molecule has 0 spiro atoms. The molecule has 1 aliphatic heterocycles. The molecule has 1 unspecified atom stereocenters. The van der Waals surface area contributed by atoms with E-state index in [1.54, 1.807) is 4.90 Å². The number of nitrogens with one attached hydrogen (secondary N) is 1. The summed E-state index contributed by atoms with van der Waals surface area (Å²) in [5.41, 5.74) is -0.324. The molecule has 1 saturated heterocycles. The molecule has 1 fully saturated rings. The molecule has 1 aliphatic rings. The van der Waals surface area contributed by atoms with E-state index in [-0.39, 0.29) is 23.7 Å². The second kappa shape index (κ2) is 7.36. The van der Waals surface area contributed by atoms with Gasteiger partial charge in [0.05, 0.1) is 5.69 Å². The number of anilines is 1. The van der Waals surface area contributed by atoms with E-state index >= 15 is 0 Å². The van der Waals surface area contributed by atoms with E-state index in [0.29, 0.717) is 13.1 Å². The van der Waals surface area contributed by atoms with Crippen molar-refractivity contribution in [1.29, 1.82) is 0 Å². The van der Waals surface area contributed by atoms with E-state index in [2.05, 4.69) is 5.32 Å². The summed E-state index contributed by atoms with van der Waals surface area (Å²) in [6.45, 7) is 8.71. The Bertz CT molecular complexity index is 579. The fourth-order valence-electron chi connectivity index (χ4n) is 2.89. The smallest absolute Gasteiger partial charge is 0.410 e. The zero-order chi connectivity index (χ0) is 17.9. The van der Waals surface area contributed by atoms with Gasteiger partial charge in [0.1, 0.15) is 5.60 Å². The second-order valence-corrected chi connectivity index (χ2v) is 7.34. The van der Waals surface area contributed by atoms with E-state index in [4.69, 9.17) is 4.74 Å².